The number of benzene rings is 1. The number of aromatic nitrogens is 1. The van der Waals surface area contributed by atoms with Crippen molar-refractivity contribution in [3.8, 4) is 10.6 Å². The Hall–Kier alpha value is -3.14. The first-order chi connectivity index (χ1) is 16.2. The minimum Gasteiger partial charge on any atom is -0.461 e. The number of nitrogens with one attached hydrogen (secondary N) is 1. The smallest absolute Gasteiger partial charge is 0.411 e. The summed E-state index contributed by atoms with van der Waals surface area (Å²) in [4.78, 5) is 42.6. The highest BCUT2D eigenvalue weighted by atomic mass is 32.1. The highest BCUT2D eigenvalue weighted by molar-refractivity contribution is 7.13. The van der Waals surface area contributed by atoms with Gasteiger partial charge >= 0.3 is 18.2 Å². The SMILES string of the molecule is CCOC(=O)c1csc(-c2ccccc2NC(=O)OCC2CCN(C(=O)OC(C)(C)C)CC2)n1. The molecule has 184 valence electrons. The molecule has 1 aliphatic heterocycles. The van der Waals surface area contributed by atoms with Crippen molar-refractivity contribution in [3.63, 3.8) is 0 Å². The quantitative estimate of drug-likeness (QED) is 0.440. The molecule has 2 aromatic rings. The third-order valence-corrected chi connectivity index (χ3v) is 5.97. The van der Waals surface area contributed by atoms with E-state index < -0.39 is 17.7 Å². The number of piperidine rings is 1. The number of thiazole rings is 1. The number of hydrogen-bond acceptors (Lipinski definition) is 8. The number of esters is 1. The van der Waals surface area contributed by atoms with Gasteiger partial charge < -0.3 is 19.1 Å². The van der Waals surface area contributed by atoms with Gasteiger partial charge in [0.1, 0.15) is 10.6 Å². The van der Waals surface area contributed by atoms with Crippen LogP contribution in [-0.4, -0.2) is 59.9 Å². The van der Waals surface area contributed by atoms with E-state index in [-0.39, 0.29) is 30.9 Å². The molecular weight excluding hydrogens is 458 g/mol. The fraction of sp³-hybridized carbons (Fsp3) is 0.500. The Bertz CT molecular complexity index is 1010. The van der Waals surface area contributed by atoms with E-state index in [1.165, 1.54) is 11.3 Å². The topological polar surface area (TPSA) is 107 Å². The largest absolute Gasteiger partial charge is 0.461 e. The van der Waals surface area contributed by atoms with E-state index in [0.717, 1.165) is 12.8 Å². The summed E-state index contributed by atoms with van der Waals surface area (Å²) in [5.74, 6) is -0.307. The van der Waals surface area contributed by atoms with Crippen molar-refractivity contribution < 1.29 is 28.6 Å². The molecule has 1 N–H and O–H groups in total. The van der Waals surface area contributed by atoms with Crippen molar-refractivity contribution >= 4 is 35.2 Å². The van der Waals surface area contributed by atoms with Crippen LogP contribution in [0, 0.1) is 5.92 Å². The van der Waals surface area contributed by atoms with Crippen LogP contribution in [0.25, 0.3) is 10.6 Å². The Labute approximate surface area is 203 Å². The zero-order valence-electron chi connectivity index (χ0n) is 20.0. The molecule has 0 spiro atoms. The summed E-state index contributed by atoms with van der Waals surface area (Å²) < 4.78 is 15.9. The number of nitrogens with zero attached hydrogens (tertiary/aromatic N) is 2. The third kappa shape index (κ3) is 7.18. The molecule has 9 nitrogen and oxygen atoms in total. The lowest BCUT2D eigenvalue weighted by atomic mass is 9.98. The minimum atomic E-state index is -0.566. The molecule has 2 amide bonds. The van der Waals surface area contributed by atoms with Crippen molar-refractivity contribution in [1.82, 2.24) is 9.88 Å². The van der Waals surface area contributed by atoms with Gasteiger partial charge in [-0.15, -0.1) is 11.3 Å². The molecule has 1 aliphatic rings. The summed E-state index contributed by atoms with van der Waals surface area (Å²) in [5, 5.41) is 4.99. The number of para-hydroxylation sites is 1. The Balaban J connectivity index is 1.51. The van der Waals surface area contributed by atoms with E-state index in [1.807, 2.05) is 32.9 Å². The average molecular weight is 490 g/mol. The number of carbonyl (C=O) groups excluding carboxylic acids is 3. The Kier molecular flexibility index (Phi) is 8.49. The highest BCUT2D eigenvalue weighted by Crippen LogP contribution is 2.31. The van der Waals surface area contributed by atoms with Gasteiger partial charge in [-0.3, -0.25) is 5.32 Å². The highest BCUT2D eigenvalue weighted by Gasteiger charge is 2.27. The minimum absolute atomic E-state index is 0.172. The molecule has 0 aliphatic carbocycles. The van der Waals surface area contributed by atoms with Gasteiger partial charge in [-0.2, -0.15) is 0 Å². The maximum absolute atomic E-state index is 12.5. The van der Waals surface area contributed by atoms with Gasteiger partial charge in [0.2, 0.25) is 0 Å². The lowest BCUT2D eigenvalue weighted by molar-refractivity contribution is 0.0152. The van der Waals surface area contributed by atoms with Crippen molar-refractivity contribution in [2.45, 2.75) is 46.1 Å². The zero-order chi connectivity index (χ0) is 24.7. The van der Waals surface area contributed by atoms with Gasteiger partial charge in [0.05, 0.1) is 18.9 Å². The first kappa shape index (κ1) is 25.5. The van der Waals surface area contributed by atoms with Crippen LogP contribution in [0.3, 0.4) is 0 Å². The summed E-state index contributed by atoms with van der Waals surface area (Å²) in [6.07, 6.45) is 0.594. The Morgan fingerprint density at radius 3 is 2.53 bits per heavy atom. The third-order valence-electron chi connectivity index (χ3n) is 5.10. The molecule has 0 unspecified atom stereocenters. The van der Waals surface area contributed by atoms with Crippen molar-refractivity contribution in [2.24, 2.45) is 5.92 Å². The van der Waals surface area contributed by atoms with Gasteiger partial charge in [0, 0.05) is 24.0 Å². The molecule has 0 bridgehead atoms. The van der Waals surface area contributed by atoms with Gasteiger partial charge in [-0.05, 0) is 58.6 Å². The van der Waals surface area contributed by atoms with Crippen LogP contribution >= 0.6 is 11.3 Å². The molecule has 0 atom stereocenters. The Morgan fingerprint density at radius 1 is 1.15 bits per heavy atom. The summed E-state index contributed by atoms with van der Waals surface area (Å²) in [5.41, 5.74) is 0.935. The van der Waals surface area contributed by atoms with Crippen LogP contribution in [0.4, 0.5) is 15.3 Å². The number of amides is 2. The lowest BCUT2D eigenvalue weighted by Crippen LogP contribution is -2.42. The zero-order valence-corrected chi connectivity index (χ0v) is 20.8. The van der Waals surface area contributed by atoms with Gasteiger partial charge in [0.15, 0.2) is 5.69 Å². The van der Waals surface area contributed by atoms with Gasteiger partial charge in [-0.25, -0.2) is 19.4 Å². The molecule has 34 heavy (non-hydrogen) atoms. The molecular formula is C24H31N3O6S. The van der Waals surface area contributed by atoms with Crippen molar-refractivity contribution in [2.75, 3.05) is 31.6 Å². The molecule has 0 saturated carbocycles. The fourth-order valence-corrected chi connectivity index (χ4v) is 4.25. The standard InChI is InChI=1S/C24H31N3O6S/c1-5-31-21(28)19-15-34-20(25-19)17-8-6-7-9-18(17)26-22(29)32-14-16-10-12-27(13-11-16)23(30)33-24(2,3)4/h6-9,15-16H,5,10-14H2,1-4H3,(H,26,29). The van der Waals surface area contributed by atoms with E-state index in [1.54, 1.807) is 29.3 Å². The number of anilines is 1. The summed E-state index contributed by atoms with van der Waals surface area (Å²) in [6, 6.07) is 7.19. The van der Waals surface area contributed by atoms with Crippen LogP contribution in [0.1, 0.15) is 51.0 Å². The molecule has 1 aromatic heterocycles. The number of hydrogen-bond donors (Lipinski definition) is 1. The van der Waals surface area contributed by atoms with Crippen LogP contribution in [0.2, 0.25) is 0 Å². The van der Waals surface area contributed by atoms with Crippen molar-refractivity contribution in [1.29, 1.82) is 0 Å². The second kappa shape index (κ2) is 11.3. The predicted octanol–water partition coefficient (Wildman–Crippen LogP) is 5.18. The summed E-state index contributed by atoms with van der Waals surface area (Å²) in [6.45, 7) is 8.94. The van der Waals surface area contributed by atoms with E-state index in [9.17, 15) is 14.4 Å². The summed E-state index contributed by atoms with van der Waals surface area (Å²) in [7, 11) is 0. The molecule has 1 saturated heterocycles. The van der Waals surface area contributed by atoms with Crippen molar-refractivity contribution in [3.05, 3.63) is 35.3 Å². The van der Waals surface area contributed by atoms with E-state index >= 15 is 0 Å². The van der Waals surface area contributed by atoms with E-state index in [0.29, 0.717) is 29.3 Å². The second-order valence-electron chi connectivity index (χ2n) is 8.94. The van der Waals surface area contributed by atoms with Crippen LogP contribution < -0.4 is 5.32 Å². The van der Waals surface area contributed by atoms with E-state index in [2.05, 4.69) is 10.3 Å². The number of carbonyl (C=O) groups is 3. The molecule has 3 rings (SSSR count). The average Bonchev–Trinajstić information content (AvgIpc) is 3.28. The van der Waals surface area contributed by atoms with Gasteiger partial charge in [-0.1, -0.05) is 12.1 Å². The lowest BCUT2D eigenvalue weighted by Gasteiger charge is -2.33. The molecule has 2 heterocycles. The van der Waals surface area contributed by atoms with Crippen LogP contribution in [0.5, 0.6) is 0 Å². The van der Waals surface area contributed by atoms with Crippen LogP contribution in [0.15, 0.2) is 29.6 Å². The fourth-order valence-electron chi connectivity index (χ4n) is 3.42. The monoisotopic (exact) mass is 489 g/mol. The normalized spacial score (nSPS) is 14.4. The van der Waals surface area contributed by atoms with Crippen LogP contribution in [-0.2, 0) is 14.2 Å². The predicted molar refractivity (Wildman–Crippen MR) is 129 cm³/mol. The first-order valence-corrected chi connectivity index (χ1v) is 12.2. The second-order valence-corrected chi connectivity index (χ2v) is 9.80. The molecule has 1 aromatic carbocycles. The van der Waals surface area contributed by atoms with E-state index in [4.69, 9.17) is 14.2 Å². The van der Waals surface area contributed by atoms with Gasteiger partial charge in [0.25, 0.3) is 0 Å². The number of rotatable bonds is 6. The molecule has 10 heteroatoms. The Morgan fingerprint density at radius 2 is 1.85 bits per heavy atom. The molecule has 0 radical (unpaired) electrons. The number of ether oxygens (including phenoxy) is 3. The first-order valence-electron chi connectivity index (χ1n) is 11.3. The summed E-state index contributed by atoms with van der Waals surface area (Å²) >= 11 is 1.29. The molecule has 1 fully saturated rings. The number of likely N-dealkylation sites (tertiary alicyclic amines) is 1. The maximum Gasteiger partial charge on any atom is 0.411 e. The maximum atomic E-state index is 12.5.